The van der Waals surface area contributed by atoms with Gasteiger partial charge in [-0.05, 0) is 47.4 Å². The largest absolute Gasteiger partial charge is 0.633 e. The fourth-order valence-corrected chi connectivity index (χ4v) is 5.05. The normalized spacial score (nSPS) is 19.6. The summed E-state index contributed by atoms with van der Waals surface area (Å²) in [6, 6.07) is 13.3. The van der Waals surface area contributed by atoms with Crippen LogP contribution >= 0.6 is 23.2 Å². The number of rotatable bonds is 8. The highest BCUT2D eigenvalue weighted by atomic mass is 35.5. The summed E-state index contributed by atoms with van der Waals surface area (Å²) in [5.74, 6) is -0.873. The molecule has 2 heterocycles. The van der Waals surface area contributed by atoms with Crippen molar-refractivity contribution in [1.82, 2.24) is 4.98 Å². The van der Waals surface area contributed by atoms with Gasteiger partial charge in [0.1, 0.15) is 11.7 Å². The van der Waals surface area contributed by atoms with Gasteiger partial charge in [0.05, 0.1) is 29.4 Å². The van der Waals surface area contributed by atoms with Crippen LogP contribution in [-0.4, -0.2) is 34.8 Å². The summed E-state index contributed by atoms with van der Waals surface area (Å²) < 4.78 is 40.3. The van der Waals surface area contributed by atoms with Crippen molar-refractivity contribution in [2.24, 2.45) is 10.7 Å². The molecule has 12 heteroatoms. The van der Waals surface area contributed by atoms with E-state index in [1.54, 1.807) is 0 Å². The summed E-state index contributed by atoms with van der Waals surface area (Å²) in [6.45, 7) is 4.52. The van der Waals surface area contributed by atoms with Gasteiger partial charge in [0, 0.05) is 48.3 Å². The molecule has 1 aliphatic heterocycles. The SMILES string of the molecule is C=C(N=C/C(Cl)=C\N)c1ccc(C[N+]2([O-])CCC(c3cc(C(F)(F)F)ccc3NC(=O)c3ccnc(Cl)c3)CC2)cc1. The number of likely N-dealkylation sites (tertiary alicyclic amines) is 1. The van der Waals surface area contributed by atoms with Gasteiger partial charge in [0.2, 0.25) is 0 Å². The second-order valence-electron chi connectivity index (χ2n) is 10.0. The Morgan fingerprint density at radius 2 is 1.83 bits per heavy atom. The van der Waals surface area contributed by atoms with Crippen molar-refractivity contribution in [3.63, 3.8) is 0 Å². The van der Waals surface area contributed by atoms with E-state index in [4.69, 9.17) is 28.9 Å². The van der Waals surface area contributed by atoms with E-state index in [0.29, 0.717) is 24.1 Å². The number of benzene rings is 2. The first kappa shape index (κ1) is 31.2. The van der Waals surface area contributed by atoms with Crippen LogP contribution in [0.3, 0.4) is 0 Å². The Labute approximate surface area is 251 Å². The molecule has 0 aliphatic carbocycles. The van der Waals surface area contributed by atoms with Crippen molar-refractivity contribution in [3.05, 3.63) is 117 Å². The van der Waals surface area contributed by atoms with Gasteiger partial charge in [-0.3, -0.25) is 9.79 Å². The summed E-state index contributed by atoms with van der Waals surface area (Å²) in [7, 11) is 0. The Kier molecular flexibility index (Phi) is 9.73. The lowest BCUT2D eigenvalue weighted by Crippen LogP contribution is -2.47. The van der Waals surface area contributed by atoms with Crippen LogP contribution in [0.15, 0.2) is 83.6 Å². The molecular weight excluding hydrogens is 590 g/mol. The van der Waals surface area contributed by atoms with E-state index in [2.05, 4.69) is 21.9 Å². The molecule has 7 nitrogen and oxygen atoms in total. The summed E-state index contributed by atoms with van der Waals surface area (Å²) in [5.41, 5.74) is 7.37. The minimum Gasteiger partial charge on any atom is -0.633 e. The van der Waals surface area contributed by atoms with E-state index < -0.39 is 22.3 Å². The number of carbonyl (C=O) groups excluding carboxylic acids is 1. The maximum absolute atomic E-state index is 13.6. The summed E-state index contributed by atoms with van der Waals surface area (Å²) in [5, 5.41) is 16.7. The van der Waals surface area contributed by atoms with Gasteiger partial charge >= 0.3 is 6.18 Å². The smallest absolute Gasteiger partial charge is 0.416 e. The molecule has 0 spiro atoms. The molecule has 1 amide bonds. The van der Waals surface area contributed by atoms with E-state index in [1.165, 1.54) is 36.8 Å². The number of quaternary nitrogens is 1. The van der Waals surface area contributed by atoms with Gasteiger partial charge in [-0.15, -0.1) is 0 Å². The predicted octanol–water partition coefficient (Wildman–Crippen LogP) is 7.48. The van der Waals surface area contributed by atoms with Crippen LogP contribution in [0.2, 0.25) is 5.15 Å². The molecule has 1 saturated heterocycles. The van der Waals surface area contributed by atoms with Crippen molar-refractivity contribution >= 4 is 46.7 Å². The second-order valence-corrected chi connectivity index (χ2v) is 10.8. The molecule has 42 heavy (non-hydrogen) atoms. The maximum atomic E-state index is 13.6. The van der Waals surface area contributed by atoms with Crippen LogP contribution in [0.5, 0.6) is 0 Å². The molecule has 1 fully saturated rings. The minimum atomic E-state index is -4.56. The standard InChI is InChI=1S/C30H28Cl2F3N5O2/c1-19(38-17-25(31)16-36)21-4-2-20(3-5-21)18-40(42)12-9-22(10-13-40)26-15-24(30(33,34)35)6-7-27(26)39-29(41)23-8-11-37-28(32)14-23/h2-8,11,14-17,22H,1,9-10,12-13,18,36H2,(H,39,41)/b25-16+,38-17?. The van der Waals surface area contributed by atoms with Gasteiger partial charge < -0.3 is 20.9 Å². The number of halogens is 5. The van der Waals surface area contributed by atoms with E-state index in [9.17, 15) is 23.2 Å². The molecule has 3 aromatic rings. The lowest BCUT2D eigenvalue weighted by atomic mass is 9.86. The summed E-state index contributed by atoms with van der Waals surface area (Å²) >= 11 is 11.7. The van der Waals surface area contributed by atoms with Crippen molar-refractivity contribution < 1.29 is 22.6 Å². The molecule has 1 aromatic heterocycles. The number of amides is 1. The highest BCUT2D eigenvalue weighted by Crippen LogP contribution is 2.40. The molecular formula is C30H28Cl2F3N5O2. The zero-order valence-corrected chi connectivity index (χ0v) is 23.9. The predicted molar refractivity (Wildman–Crippen MR) is 160 cm³/mol. The first-order valence-corrected chi connectivity index (χ1v) is 13.7. The monoisotopic (exact) mass is 617 g/mol. The van der Waals surface area contributed by atoms with Gasteiger partial charge in [-0.1, -0.05) is 54.0 Å². The van der Waals surface area contributed by atoms with Crippen LogP contribution in [0.1, 0.15) is 51.4 Å². The van der Waals surface area contributed by atoms with Crippen LogP contribution in [0.4, 0.5) is 18.9 Å². The number of aliphatic imine (C=N–C) groups is 1. The van der Waals surface area contributed by atoms with Crippen molar-refractivity contribution in [2.75, 3.05) is 18.4 Å². The maximum Gasteiger partial charge on any atom is 0.416 e. The molecule has 4 rings (SSSR count). The van der Waals surface area contributed by atoms with Crippen LogP contribution in [0.25, 0.3) is 5.70 Å². The quantitative estimate of drug-likeness (QED) is 0.118. The Bertz CT molecular complexity index is 1520. The Morgan fingerprint density at radius 3 is 2.45 bits per heavy atom. The third-order valence-electron chi connectivity index (χ3n) is 7.09. The number of aromatic nitrogens is 1. The number of piperidine rings is 1. The van der Waals surface area contributed by atoms with Crippen LogP contribution in [-0.2, 0) is 12.7 Å². The van der Waals surface area contributed by atoms with Crippen molar-refractivity contribution in [1.29, 1.82) is 0 Å². The number of alkyl halides is 3. The van der Waals surface area contributed by atoms with E-state index in [0.717, 1.165) is 23.3 Å². The zero-order chi connectivity index (χ0) is 30.5. The molecule has 220 valence electrons. The lowest BCUT2D eigenvalue weighted by Gasteiger charge is -2.47. The van der Waals surface area contributed by atoms with Crippen LogP contribution < -0.4 is 11.1 Å². The average molecular weight is 618 g/mol. The summed E-state index contributed by atoms with van der Waals surface area (Å²) in [4.78, 5) is 20.8. The lowest BCUT2D eigenvalue weighted by molar-refractivity contribution is -0.899. The zero-order valence-electron chi connectivity index (χ0n) is 22.4. The highest BCUT2D eigenvalue weighted by Gasteiger charge is 2.34. The molecule has 0 saturated carbocycles. The number of allylic oxidation sites excluding steroid dienone is 1. The minimum absolute atomic E-state index is 0.116. The highest BCUT2D eigenvalue weighted by molar-refractivity contribution is 6.39. The summed E-state index contributed by atoms with van der Waals surface area (Å²) in [6.07, 6.45) is 0.119. The number of nitrogens with two attached hydrogens (primary N) is 1. The molecule has 3 N–H and O–H groups in total. The molecule has 1 aliphatic rings. The van der Waals surface area contributed by atoms with E-state index in [-0.39, 0.29) is 47.0 Å². The van der Waals surface area contributed by atoms with Gasteiger partial charge in [0.15, 0.2) is 0 Å². The molecule has 0 unspecified atom stereocenters. The van der Waals surface area contributed by atoms with E-state index >= 15 is 0 Å². The Hall–Kier alpha value is -3.70. The van der Waals surface area contributed by atoms with Gasteiger partial charge in [0.25, 0.3) is 5.91 Å². The van der Waals surface area contributed by atoms with Crippen molar-refractivity contribution in [3.8, 4) is 0 Å². The Morgan fingerprint density at radius 1 is 1.14 bits per heavy atom. The van der Waals surface area contributed by atoms with E-state index in [1.807, 2.05) is 24.3 Å². The topological polar surface area (TPSA) is 103 Å². The number of pyridine rings is 1. The number of nitrogens with one attached hydrogen (secondary N) is 1. The second kappa shape index (κ2) is 13.1. The first-order valence-electron chi connectivity index (χ1n) is 13.0. The van der Waals surface area contributed by atoms with Crippen molar-refractivity contribution in [2.45, 2.75) is 31.5 Å². The number of carbonyl (C=O) groups is 1. The molecule has 2 aromatic carbocycles. The average Bonchev–Trinajstić information content (AvgIpc) is 2.96. The molecule has 0 bridgehead atoms. The third kappa shape index (κ3) is 7.98. The van der Waals surface area contributed by atoms with Crippen LogP contribution in [0, 0.1) is 5.21 Å². The number of hydrogen-bond acceptors (Lipinski definition) is 5. The first-order chi connectivity index (χ1) is 19.9. The Balaban J connectivity index is 1.47. The van der Waals surface area contributed by atoms with Gasteiger partial charge in [-0.25, -0.2) is 4.98 Å². The fourth-order valence-electron chi connectivity index (χ4n) is 4.83. The number of hydrogen-bond donors (Lipinski definition) is 2. The fraction of sp³-hybridized carbons (Fsp3) is 0.233. The number of anilines is 1. The molecule has 0 atom stereocenters. The number of hydroxylamine groups is 3. The molecule has 0 radical (unpaired) electrons. The third-order valence-corrected chi connectivity index (χ3v) is 7.52. The van der Waals surface area contributed by atoms with Gasteiger partial charge in [-0.2, -0.15) is 13.2 Å². The number of nitrogens with zero attached hydrogens (tertiary/aromatic N) is 3.